The van der Waals surface area contributed by atoms with Crippen molar-refractivity contribution in [1.29, 1.82) is 0 Å². The van der Waals surface area contributed by atoms with Crippen LogP contribution in [0.15, 0.2) is 77.3 Å². The van der Waals surface area contributed by atoms with Crippen LogP contribution in [-0.4, -0.2) is 11.8 Å². The smallest absolute Gasteiger partial charge is 0.238 e. The number of hydrogen-bond donors (Lipinski definition) is 2. The Balaban J connectivity index is 1.89. The maximum Gasteiger partial charge on any atom is 0.238 e. The molecular weight excluding hydrogens is 471 g/mol. The van der Waals surface area contributed by atoms with Gasteiger partial charge in [0.2, 0.25) is 11.8 Å². The van der Waals surface area contributed by atoms with E-state index < -0.39 is 29.1 Å². The molecule has 0 aliphatic carbocycles. The summed E-state index contributed by atoms with van der Waals surface area (Å²) in [6.07, 6.45) is 0.468. The van der Waals surface area contributed by atoms with Gasteiger partial charge in [0.15, 0.2) is 0 Å². The summed E-state index contributed by atoms with van der Waals surface area (Å²) in [5.41, 5.74) is 1.43. The third-order valence-corrected chi connectivity index (χ3v) is 7.54. The SMILES string of the molecule is CC[C@@H]1C(=O)N[C@H](c2ccccc2)[C@@]2(C(=O)Nc3ccccc32)[C@H]1c1c(F)cccc1Br. The molecule has 0 aromatic heterocycles. The van der Waals surface area contributed by atoms with Gasteiger partial charge in [0.25, 0.3) is 0 Å². The highest BCUT2D eigenvalue weighted by atomic mass is 79.9. The lowest BCUT2D eigenvalue weighted by Gasteiger charge is -2.50. The van der Waals surface area contributed by atoms with E-state index in [1.807, 2.05) is 61.5 Å². The molecule has 0 bridgehead atoms. The van der Waals surface area contributed by atoms with Gasteiger partial charge in [-0.25, -0.2) is 4.39 Å². The van der Waals surface area contributed by atoms with E-state index in [1.54, 1.807) is 12.1 Å². The third kappa shape index (κ3) is 2.85. The van der Waals surface area contributed by atoms with Gasteiger partial charge in [0, 0.05) is 27.6 Å². The van der Waals surface area contributed by atoms with Crippen molar-refractivity contribution in [3.8, 4) is 0 Å². The second-order valence-corrected chi connectivity index (χ2v) is 9.20. The summed E-state index contributed by atoms with van der Waals surface area (Å²) >= 11 is 3.52. The largest absolute Gasteiger partial charge is 0.348 e. The van der Waals surface area contributed by atoms with Gasteiger partial charge in [-0.15, -0.1) is 0 Å². The predicted molar refractivity (Wildman–Crippen MR) is 125 cm³/mol. The lowest BCUT2D eigenvalue weighted by Crippen LogP contribution is -2.60. The molecule has 32 heavy (non-hydrogen) atoms. The number of benzene rings is 3. The Kier molecular flexibility index (Phi) is 5.13. The van der Waals surface area contributed by atoms with Crippen LogP contribution in [0, 0.1) is 11.7 Å². The Morgan fingerprint density at radius 3 is 2.41 bits per heavy atom. The zero-order valence-corrected chi connectivity index (χ0v) is 19.0. The Labute approximate surface area is 194 Å². The van der Waals surface area contributed by atoms with Crippen LogP contribution in [-0.2, 0) is 15.0 Å². The predicted octanol–water partition coefficient (Wildman–Crippen LogP) is 5.46. The van der Waals surface area contributed by atoms with E-state index >= 15 is 4.39 Å². The van der Waals surface area contributed by atoms with Gasteiger partial charge in [-0.3, -0.25) is 9.59 Å². The van der Waals surface area contributed by atoms with Gasteiger partial charge in [-0.1, -0.05) is 77.5 Å². The number of anilines is 1. The average molecular weight is 493 g/mol. The Morgan fingerprint density at radius 2 is 1.69 bits per heavy atom. The van der Waals surface area contributed by atoms with E-state index in [0.29, 0.717) is 22.1 Å². The normalized spacial score (nSPS) is 26.5. The number of piperidine rings is 1. The quantitative estimate of drug-likeness (QED) is 0.509. The molecule has 1 fully saturated rings. The molecule has 4 atom stereocenters. The summed E-state index contributed by atoms with van der Waals surface area (Å²) in [5, 5.41) is 6.17. The number of para-hydroxylation sites is 1. The highest BCUT2D eigenvalue weighted by molar-refractivity contribution is 9.10. The molecule has 0 unspecified atom stereocenters. The maximum atomic E-state index is 15.4. The molecule has 2 aliphatic heterocycles. The molecule has 2 amide bonds. The van der Waals surface area contributed by atoms with Crippen molar-refractivity contribution in [1.82, 2.24) is 5.32 Å². The minimum absolute atomic E-state index is 0.177. The first kappa shape index (κ1) is 20.9. The number of amides is 2. The lowest BCUT2D eigenvalue weighted by atomic mass is 9.55. The molecular formula is C26H22BrFN2O2. The summed E-state index contributed by atoms with van der Waals surface area (Å²) in [7, 11) is 0. The third-order valence-electron chi connectivity index (χ3n) is 6.85. The minimum Gasteiger partial charge on any atom is -0.348 e. The number of fused-ring (bicyclic) bond motifs is 2. The molecule has 4 nitrogen and oxygen atoms in total. The molecule has 2 N–H and O–H groups in total. The Morgan fingerprint density at radius 1 is 0.969 bits per heavy atom. The maximum absolute atomic E-state index is 15.4. The molecule has 0 saturated carbocycles. The second kappa shape index (κ2) is 7.85. The van der Waals surface area contributed by atoms with Gasteiger partial charge in [-0.2, -0.15) is 0 Å². The minimum atomic E-state index is -1.21. The van der Waals surface area contributed by atoms with Gasteiger partial charge >= 0.3 is 0 Å². The number of hydrogen-bond acceptors (Lipinski definition) is 2. The van der Waals surface area contributed by atoms with E-state index in [-0.39, 0.29) is 11.8 Å². The summed E-state index contributed by atoms with van der Waals surface area (Å²) in [5.74, 6) is -2.12. The molecule has 5 rings (SSSR count). The first-order valence-corrected chi connectivity index (χ1v) is 11.5. The topological polar surface area (TPSA) is 58.2 Å². The number of carbonyl (C=O) groups excluding carboxylic acids is 2. The van der Waals surface area contributed by atoms with Crippen LogP contribution in [0.5, 0.6) is 0 Å². The van der Waals surface area contributed by atoms with Crippen molar-refractivity contribution in [2.75, 3.05) is 5.32 Å². The summed E-state index contributed by atoms with van der Waals surface area (Å²) in [4.78, 5) is 27.4. The Hall–Kier alpha value is -2.99. The molecule has 2 aliphatic rings. The van der Waals surface area contributed by atoms with E-state index in [2.05, 4.69) is 26.6 Å². The average Bonchev–Trinajstić information content (AvgIpc) is 3.08. The van der Waals surface area contributed by atoms with Crippen molar-refractivity contribution in [2.45, 2.75) is 30.7 Å². The van der Waals surface area contributed by atoms with Gasteiger partial charge in [0.05, 0.1) is 6.04 Å². The molecule has 2 heterocycles. The Bertz CT molecular complexity index is 1200. The molecule has 1 spiro atoms. The molecule has 3 aromatic carbocycles. The number of carbonyl (C=O) groups is 2. The molecule has 6 heteroatoms. The number of halogens is 2. The highest BCUT2D eigenvalue weighted by Gasteiger charge is 2.64. The summed E-state index contributed by atoms with van der Waals surface area (Å²) < 4.78 is 16.0. The van der Waals surface area contributed by atoms with Crippen molar-refractivity contribution in [3.63, 3.8) is 0 Å². The number of nitrogens with one attached hydrogen (secondary N) is 2. The molecule has 0 radical (unpaired) electrons. The monoisotopic (exact) mass is 492 g/mol. The van der Waals surface area contributed by atoms with E-state index in [9.17, 15) is 9.59 Å². The first-order chi connectivity index (χ1) is 15.5. The van der Waals surface area contributed by atoms with Crippen LogP contribution in [0.25, 0.3) is 0 Å². The number of rotatable bonds is 3. The molecule has 3 aromatic rings. The van der Waals surface area contributed by atoms with Crippen molar-refractivity contribution >= 4 is 33.4 Å². The molecule has 162 valence electrons. The van der Waals surface area contributed by atoms with Crippen LogP contribution in [0.2, 0.25) is 0 Å². The fourth-order valence-electron chi connectivity index (χ4n) is 5.56. The first-order valence-electron chi connectivity index (χ1n) is 10.7. The van der Waals surface area contributed by atoms with Gasteiger partial charge in [0.1, 0.15) is 11.2 Å². The van der Waals surface area contributed by atoms with Crippen LogP contribution in [0.1, 0.15) is 42.0 Å². The summed E-state index contributed by atoms with van der Waals surface area (Å²) in [6.45, 7) is 1.90. The van der Waals surface area contributed by atoms with E-state index in [4.69, 9.17) is 0 Å². The highest BCUT2D eigenvalue weighted by Crippen LogP contribution is 2.60. The zero-order valence-electron chi connectivity index (χ0n) is 17.4. The van der Waals surface area contributed by atoms with Gasteiger partial charge < -0.3 is 10.6 Å². The lowest BCUT2D eigenvalue weighted by molar-refractivity contribution is -0.136. The van der Waals surface area contributed by atoms with Crippen LogP contribution in [0.3, 0.4) is 0 Å². The molecule has 1 saturated heterocycles. The fourth-order valence-corrected chi connectivity index (χ4v) is 6.15. The van der Waals surface area contributed by atoms with Crippen LogP contribution >= 0.6 is 15.9 Å². The zero-order chi connectivity index (χ0) is 22.5. The van der Waals surface area contributed by atoms with Crippen LogP contribution in [0.4, 0.5) is 10.1 Å². The second-order valence-electron chi connectivity index (χ2n) is 8.35. The van der Waals surface area contributed by atoms with E-state index in [1.165, 1.54) is 6.07 Å². The van der Waals surface area contributed by atoms with Crippen molar-refractivity contribution in [2.24, 2.45) is 5.92 Å². The van der Waals surface area contributed by atoms with Crippen molar-refractivity contribution < 1.29 is 14.0 Å². The van der Waals surface area contributed by atoms with Crippen molar-refractivity contribution in [3.05, 3.63) is 99.8 Å². The summed E-state index contributed by atoms with van der Waals surface area (Å²) in [6, 6.07) is 21.1. The van der Waals surface area contributed by atoms with E-state index in [0.717, 1.165) is 11.1 Å². The van der Waals surface area contributed by atoms with Gasteiger partial charge in [-0.05, 0) is 35.7 Å². The fraction of sp³-hybridized carbons (Fsp3) is 0.231. The van der Waals surface area contributed by atoms with Crippen LogP contribution < -0.4 is 10.6 Å². The standard InChI is InChI=1S/C26H22BrFN2O2/c1-2-16-22(21-18(27)12-8-13-19(21)28)26(17-11-6-7-14-20(17)29-25(26)32)23(30-24(16)31)15-9-4-3-5-10-15/h3-14,16,22-23H,2H2,1H3,(H,29,32)(H,30,31)/t16-,22+,23+,26-/m0/s1.